The van der Waals surface area contributed by atoms with Crippen molar-refractivity contribution in [2.75, 3.05) is 0 Å². The van der Waals surface area contributed by atoms with Crippen LogP contribution in [0.25, 0.3) is 0 Å². The van der Waals surface area contributed by atoms with E-state index in [1.165, 1.54) is 19.3 Å². The average molecular weight is 385 g/mol. The van der Waals surface area contributed by atoms with Gasteiger partial charge >= 0.3 is 0 Å². The summed E-state index contributed by atoms with van der Waals surface area (Å²) in [7, 11) is 0. The molecule has 3 heteroatoms. The van der Waals surface area contributed by atoms with Gasteiger partial charge in [0.05, 0.1) is 22.4 Å². The van der Waals surface area contributed by atoms with Crippen molar-refractivity contribution in [1.82, 2.24) is 0 Å². The standard InChI is InChI=1S/C20H33BrO2/c1-7-17(3)10-9-16(21)20(6,22-17)11-8-15-14(2)18(4)12-13-19(15,5)23-18/h7,14-16H,1,8-13H2,2-6H3. The van der Waals surface area contributed by atoms with Crippen molar-refractivity contribution in [2.45, 2.75) is 100 Å². The lowest BCUT2D eigenvalue weighted by Gasteiger charge is -2.48. The lowest BCUT2D eigenvalue weighted by atomic mass is 9.66. The van der Waals surface area contributed by atoms with E-state index in [1.807, 2.05) is 6.08 Å². The maximum absolute atomic E-state index is 6.55. The summed E-state index contributed by atoms with van der Waals surface area (Å²) in [5.74, 6) is 1.27. The Kier molecular flexibility index (Phi) is 4.35. The molecule has 3 aliphatic heterocycles. The quantitative estimate of drug-likeness (QED) is 0.461. The van der Waals surface area contributed by atoms with E-state index in [-0.39, 0.29) is 22.4 Å². The number of fused-ring (bicyclic) bond motifs is 2. The molecule has 7 unspecified atom stereocenters. The maximum Gasteiger partial charge on any atom is 0.0840 e. The Hall–Kier alpha value is 0.140. The number of hydrogen-bond acceptors (Lipinski definition) is 2. The predicted octanol–water partition coefficient (Wildman–Crippen LogP) is 5.64. The Morgan fingerprint density at radius 1 is 1.09 bits per heavy atom. The molecular weight excluding hydrogens is 352 g/mol. The zero-order valence-electron chi connectivity index (χ0n) is 15.5. The molecule has 0 saturated carbocycles. The van der Waals surface area contributed by atoms with E-state index < -0.39 is 0 Å². The van der Waals surface area contributed by atoms with E-state index in [4.69, 9.17) is 9.47 Å². The van der Waals surface area contributed by atoms with Crippen LogP contribution in [-0.4, -0.2) is 27.2 Å². The van der Waals surface area contributed by atoms with E-state index in [9.17, 15) is 0 Å². The minimum atomic E-state index is -0.189. The lowest BCUT2D eigenvalue weighted by Crippen LogP contribution is -2.51. The van der Waals surface area contributed by atoms with Gasteiger partial charge in [-0.25, -0.2) is 0 Å². The Balaban J connectivity index is 1.71. The van der Waals surface area contributed by atoms with Crippen molar-refractivity contribution in [2.24, 2.45) is 11.8 Å². The first-order valence-corrected chi connectivity index (χ1v) is 10.2. The summed E-state index contributed by atoms with van der Waals surface area (Å²) >= 11 is 3.89. The van der Waals surface area contributed by atoms with Crippen molar-refractivity contribution in [3.05, 3.63) is 12.7 Å². The third kappa shape index (κ3) is 2.85. The van der Waals surface area contributed by atoms with Gasteiger partial charge in [0.25, 0.3) is 0 Å². The van der Waals surface area contributed by atoms with E-state index in [0.29, 0.717) is 16.7 Å². The minimum Gasteiger partial charge on any atom is -0.369 e. The number of rotatable bonds is 4. The van der Waals surface area contributed by atoms with Gasteiger partial charge in [-0.2, -0.15) is 0 Å². The van der Waals surface area contributed by atoms with Crippen LogP contribution in [0.4, 0.5) is 0 Å². The van der Waals surface area contributed by atoms with Crippen molar-refractivity contribution >= 4 is 15.9 Å². The van der Waals surface area contributed by atoms with Crippen molar-refractivity contribution < 1.29 is 9.47 Å². The molecule has 2 bridgehead atoms. The Bertz CT molecular complexity index is 494. The zero-order valence-corrected chi connectivity index (χ0v) is 17.0. The number of alkyl halides is 1. The highest BCUT2D eigenvalue weighted by Crippen LogP contribution is 2.59. The molecule has 3 aliphatic rings. The van der Waals surface area contributed by atoms with Crippen LogP contribution < -0.4 is 0 Å². The van der Waals surface area contributed by atoms with Gasteiger partial charge in [0.15, 0.2) is 0 Å². The molecule has 3 rings (SSSR count). The topological polar surface area (TPSA) is 18.5 Å². The fourth-order valence-electron chi connectivity index (χ4n) is 5.38. The number of ether oxygens (including phenoxy) is 2. The van der Waals surface area contributed by atoms with E-state index in [2.05, 4.69) is 57.1 Å². The van der Waals surface area contributed by atoms with Crippen LogP contribution >= 0.6 is 15.9 Å². The van der Waals surface area contributed by atoms with Gasteiger partial charge in [-0.1, -0.05) is 28.9 Å². The fraction of sp³-hybridized carbons (Fsp3) is 0.900. The number of halogens is 1. The first-order chi connectivity index (χ1) is 10.6. The van der Waals surface area contributed by atoms with Gasteiger partial charge < -0.3 is 9.47 Å². The molecule has 0 spiro atoms. The first kappa shape index (κ1) is 17.9. The molecule has 3 saturated heterocycles. The van der Waals surface area contributed by atoms with Crippen LogP contribution in [-0.2, 0) is 9.47 Å². The molecular formula is C20H33BrO2. The monoisotopic (exact) mass is 384 g/mol. The fourth-order valence-corrected chi connectivity index (χ4v) is 5.93. The summed E-state index contributed by atoms with van der Waals surface area (Å²) in [6.07, 6.45) is 8.85. The summed E-state index contributed by atoms with van der Waals surface area (Å²) in [4.78, 5) is 0.418. The van der Waals surface area contributed by atoms with Crippen LogP contribution in [0, 0.1) is 11.8 Å². The third-order valence-electron chi connectivity index (χ3n) is 7.34. The van der Waals surface area contributed by atoms with Crippen molar-refractivity contribution in [3.63, 3.8) is 0 Å². The van der Waals surface area contributed by atoms with E-state index in [1.54, 1.807) is 0 Å². The van der Waals surface area contributed by atoms with E-state index >= 15 is 0 Å². The average Bonchev–Trinajstić information content (AvgIpc) is 2.89. The maximum atomic E-state index is 6.55. The van der Waals surface area contributed by atoms with Gasteiger partial charge in [0.2, 0.25) is 0 Å². The smallest absolute Gasteiger partial charge is 0.0840 e. The molecule has 0 amide bonds. The molecule has 0 aromatic heterocycles. The summed E-state index contributed by atoms with van der Waals surface area (Å²) < 4.78 is 13.0. The molecule has 23 heavy (non-hydrogen) atoms. The molecule has 132 valence electrons. The highest BCUT2D eigenvalue weighted by atomic mass is 79.9. The zero-order chi connectivity index (χ0) is 17.1. The highest BCUT2D eigenvalue weighted by molar-refractivity contribution is 9.09. The largest absolute Gasteiger partial charge is 0.369 e. The van der Waals surface area contributed by atoms with Gasteiger partial charge in [-0.05, 0) is 78.1 Å². The van der Waals surface area contributed by atoms with Crippen LogP contribution in [0.15, 0.2) is 12.7 Å². The van der Waals surface area contributed by atoms with Crippen LogP contribution in [0.5, 0.6) is 0 Å². The third-order valence-corrected chi connectivity index (χ3v) is 8.77. The highest BCUT2D eigenvalue weighted by Gasteiger charge is 2.61. The Morgan fingerprint density at radius 2 is 1.74 bits per heavy atom. The second-order valence-corrected chi connectivity index (χ2v) is 10.2. The van der Waals surface area contributed by atoms with Gasteiger partial charge in [-0.3, -0.25) is 0 Å². The number of hydrogen-bond donors (Lipinski definition) is 0. The first-order valence-electron chi connectivity index (χ1n) is 9.24. The molecule has 7 atom stereocenters. The summed E-state index contributed by atoms with van der Waals surface area (Å²) in [5.41, 5.74) is -0.147. The molecule has 0 aromatic carbocycles. The molecule has 2 nitrogen and oxygen atoms in total. The minimum absolute atomic E-state index is 0.0722. The Labute approximate surface area is 150 Å². The molecule has 3 heterocycles. The summed E-state index contributed by atoms with van der Waals surface area (Å²) in [6.45, 7) is 15.5. The molecule has 0 N–H and O–H groups in total. The second kappa shape index (κ2) is 5.57. The van der Waals surface area contributed by atoms with Crippen LogP contribution in [0.3, 0.4) is 0 Å². The summed E-state index contributed by atoms with van der Waals surface area (Å²) in [6, 6.07) is 0. The van der Waals surface area contributed by atoms with Gasteiger partial charge in [-0.15, -0.1) is 6.58 Å². The Morgan fingerprint density at radius 3 is 2.30 bits per heavy atom. The molecule has 0 aromatic rings. The predicted molar refractivity (Wildman–Crippen MR) is 99.1 cm³/mol. The van der Waals surface area contributed by atoms with E-state index in [0.717, 1.165) is 19.3 Å². The van der Waals surface area contributed by atoms with Crippen LogP contribution in [0.1, 0.15) is 73.1 Å². The van der Waals surface area contributed by atoms with Crippen molar-refractivity contribution in [3.8, 4) is 0 Å². The lowest BCUT2D eigenvalue weighted by molar-refractivity contribution is -0.151. The SMILES string of the molecule is C=CC1(C)CCC(Br)C(C)(CCC2C(C)C3(C)CCC2(C)O3)O1. The molecule has 0 aliphatic carbocycles. The van der Waals surface area contributed by atoms with Gasteiger partial charge in [0.1, 0.15) is 0 Å². The molecule has 3 fully saturated rings. The van der Waals surface area contributed by atoms with Crippen LogP contribution in [0.2, 0.25) is 0 Å². The van der Waals surface area contributed by atoms with Crippen molar-refractivity contribution in [1.29, 1.82) is 0 Å². The summed E-state index contributed by atoms with van der Waals surface area (Å²) in [5, 5.41) is 0. The normalized spacial score (nSPS) is 56.0. The second-order valence-electron chi connectivity index (χ2n) is 9.10. The molecule has 0 radical (unpaired) electrons. The van der Waals surface area contributed by atoms with Gasteiger partial charge in [0, 0.05) is 4.83 Å².